The van der Waals surface area contributed by atoms with Crippen LogP contribution in [0.4, 0.5) is 0 Å². The molecule has 3 heterocycles. The molecule has 0 saturated carbocycles. The Labute approximate surface area is 264 Å². The Hall–Kier alpha value is -5.15. The van der Waals surface area contributed by atoms with E-state index in [1.54, 1.807) is 18.6 Å². The van der Waals surface area contributed by atoms with Gasteiger partial charge in [-0.15, -0.1) is 0 Å². The molecule has 0 aliphatic rings. The van der Waals surface area contributed by atoms with Gasteiger partial charge in [-0.1, -0.05) is 36.4 Å². The number of pyridine rings is 3. The van der Waals surface area contributed by atoms with Gasteiger partial charge in [0.25, 0.3) is 0 Å². The molecular weight excluding hydrogens is 570 g/mol. The van der Waals surface area contributed by atoms with Crippen molar-refractivity contribution in [2.45, 2.75) is 39.1 Å². The minimum absolute atomic E-state index is 0.0676. The van der Waals surface area contributed by atoms with Crippen molar-refractivity contribution in [3.05, 3.63) is 128 Å². The summed E-state index contributed by atoms with van der Waals surface area (Å²) in [7, 11) is 0. The van der Waals surface area contributed by atoms with Crippen LogP contribution in [-0.2, 0) is 4.74 Å². The Balaban J connectivity index is 0.000000207. The maximum absolute atomic E-state index is 5.75. The number of para-hydroxylation sites is 1. The predicted octanol–water partition coefficient (Wildman–Crippen LogP) is 7.45. The van der Waals surface area contributed by atoms with Gasteiger partial charge in [0.1, 0.15) is 42.2 Å². The molecule has 0 amide bonds. The fourth-order valence-corrected chi connectivity index (χ4v) is 3.81. The summed E-state index contributed by atoms with van der Waals surface area (Å²) in [5.41, 5.74) is 0. The third-order valence-corrected chi connectivity index (χ3v) is 5.87. The first kappa shape index (κ1) is 32.8. The monoisotopic (exact) mass is 609 g/mol. The molecule has 234 valence electrons. The summed E-state index contributed by atoms with van der Waals surface area (Å²) in [5, 5.41) is 0. The molecule has 0 bridgehead atoms. The lowest BCUT2D eigenvalue weighted by Crippen LogP contribution is -2.25. The predicted molar refractivity (Wildman–Crippen MR) is 172 cm³/mol. The van der Waals surface area contributed by atoms with Crippen LogP contribution < -0.4 is 23.7 Å². The Kier molecular flexibility index (Phi) is 13.5. The van der Waals surface area contributed by atoms with Gasteiger partial charge < -0.3 is 28.4 Å². The number of hydrogen-bond acceptors (Lipinski definition) is 9. The van der Waals surface area contributed by atoms with E-state index >= 15 is 0 Å². The van der Waals surface area contributed by atoms with E-state index in [0.29, 0.717) is 37.5 Å². The molecule has 3 atom stereocenters. The van der Waals surface area contributed by atoms with E-state index in [4.69, 9.17) is 28.4 Å². The molecule has 2 aromatic carbocycles. The third kappa shape index (κ3) is 12.9. The summed E-state index contributed by atoms with van der Waals surface area (Å²) in [5.74, 6) is 4.15. The summed E-state index contributed by atoms with van der Waals surface area (Å²) in [6.45, 7) is 7.23. The lowest BCUT2D eigenvalue weighted by molar-refractivity contribution is 0.0165. The zero-order valence-corrected chi connectivity index (χ0v) is 25.8. The maximum atomic E-state index is 5.75. The van der Waals surface area contributed by atoms with Crippen LogP contribution in [-0.4, -0.2) is 53.1 Å². The number of benzene rings is 2. The molecule has 0 radical (unpaired) electrons. The molecule has 3 unspecified atom stereocenters. The molecule has 0 N–H and O–H groups in total. The lowest BCUT2D eigenvalue weighted by atomic mass is 10.3. The topological polar surface area (TPSA) is 94.1 Å². The Morgan fingerprint density at radius 2 is 0.844 bits per heavy atom. The molecule has 9 heteroatoms. The molecule has 3 aromatic heterocycles. The minimum atomic E-state index is -0.0971. The van der Waals surface area contributed by atoms with Crippen LogP contribution >= 0.6 is 0 Å². The van der Waals surface area contributed by atoms with E-state index in [1.165, 1.54) is 0 Å². The highest BCUT2D eigenvalue weighted by atomic mass is 16.6. The molecular formula is C36H39N3O6. The highest BCUT2D eigenvalue weighted by molar-refractivity contribution is 5.35. The van der Waals surface area contributed by atoms with E-state index in [2.05, 4.69) is 15.0 Å². The Morgan fingerprint density at radius 1 is 0.444 bits per heavy atom. The van der Waals surface area contributed by atoms with Gasteiger partial charge in [-0.25, -0.2) is 15.0 Å². The number of nitrogens with zero attached hydrogens (tertiary/aromatic N) is 3. The fourth-order valence-electron chi connectivity index (χ4n) is 3.81. The minimum Gasteiger partial charge on any atom is -0.490 e. The molecule has 5 aromatic rings. The van der Waals surface area contributed by atoms with E-state index in [9.17, 15) is 0 Å². The number of rotatable bonds is 15. The second-order valence-electron chi connectivity index (χ2n) is 10.0. The summed E-state index contributed by atoms with van der Waals surface area (Å²) in [6.07, 6.45) is 4.87. The van der Waals surface area contributed by atoms with E-state index in [0.717, 1.165) is 17.2 Å². The average Bonchev–Trinajstić information content (AvgIpc) is 3.07. The molecule has 45 heavy (non-hydrogen) atoms. The van der Waals surface area contributed by atoms with Crippen LogP contribution in [0.25, 0.3) is 0 Å². The molecule has 9 nitrogen and oxygen atoms in total. The number of ether oxygens (including phenoxy) is 6. The van der Waals surface area contributed by atoms with Crippen molar-refractivity contribution >= 4 is 0 Å². The van der Waals surface area contributed by atoms with Crippen molar-refractivity contribution in [3.8, 4) is 34.9 Å². The van der Waals surface area contributed by atoms with E-state index in [1.807, 2.05) is 130 Å². The first-order valence-corrected chi connectivity index (χ1v) is 14.8. The summed E-state index contributed by atoms with van der Waals surface area (Å²) in [6, 6.07) is 33.9. The summed E-state index contributed by atoms with van der Waals surface area (Å²) in [4.78, 5) is 12.3. The number of aromatic nitrogens is 3. The molecule has 0 fully saturated rings. The van der Waals surface area contributed by atoms with Crippen molar-refractivity contribution in [3.63, 3.8) is 0 Å². The molecule has 0 aliphatic heterocycles. The van der Waals surface area contributed by atoms with Gasteiger partial charge in [0, 0.05) is 36.8 Å². The van der Waals surface area contributed by atoms with Crippen molar-refractivity contribution in [2.24, 2.45) is 0 Å². The first-order valence-electron chi connectivity index (χ1n) is 14.8. The average molecular weight is 610 g/mol. The van der Waals surface area contributed by atoms with Gasteiger partial charge in [0.05, 0.1) is 13.2 Å². The van der Waals surface area contributed by atoms with E-state index < -0.39 is 0 Å². The van der Waals surface area contributed by atoms with Crippen LogP contribution in [0.2, 0.25) is 0 Å². The molecule has 0 spiro atoms. The van der Waals surface area contributed by atoms with Crippen molar-refractivity contribution in [1.29, 1.82) is 0 Å². The highest BCUT2D eigenvalue weighted by Crippen LogP contribution is 2.23. The van der Waals surface area contributed by atoms with Gasteiger partial charge in [-0.2, -0.15) is 0 Å². The van der Waals surface area contributed by atoms with Crippen molar-refractivity contribution in [1.82, 2.24) is 15.0 Å². The maximum Gasteiger partial charge on any atom is 0.213 e. The zero-order valence-electron chi connectivity index (χ0n) is 25.8. The second-order valence-corrected chi connectivity index (χ2v) is 10.0. The van der Waals surface area contributed by atoms with Crippen molar-refractivity contribution < 1.29 is 28.4 Å². The van der Waals surface area contributed by atoms with Crippen LogP contribution in [0.1, 0.15) is 20.8 Å². The van der Waals surface area contributed by atoms with Crippen molar-refractivity contribution in [2.75, 3.05) is 19.8 Å². The SMILES string of the molecule is CC(COCC(C)Oc1ccccn1)Oc1ccccn1.CC(COc1ccc(Oc2ccccc2)cc1)Oc1ccccn1. The smallest absolute Gasteiger partial charge is 0.213 e. The third-order valence-electron chi connectivity index (χ3n) is 5.87. The number of hydrogen-bond donors (Lipinski definition) is 0. The fraction of sp³-hybridized carbons (Fsp3) is 0.250. The molecule has 0 saturated heterocycles. The van der Waals surface area contributed by atoms with Gasteiger partial charge in [-0.05, 0) is 75.4 Å². The van der Waals surface area contributed by atoms with Crippen LogP contribution in [0, 0.1) is 0 Å². The normalized spacial score (nSPS) is 12.4. The standard InChI is InChI=1S/C20H19NO3.C16H20N2O3/c1-16(23-20-9-5-6-14-21-20)15-22-17-10-12-19(13-11-17)24-18-7-3-2-4-8-18;1-13(20-15-7-3-5-9-17-15)11-19-12-14(2)21-16-8-4-6-10-18-16/h2-14,16H,15H2,1H3;3-10,13-14H,11-12H2,1-2H3. The highest BCUT2D eigenvalue weighted by Gasteiger charge is 2.09. The summed E-state index contributed by atoms with van der Waals surface area (Å²) < 4.78 is 34.0. The van der Waals surface area contributed by atoms with Gasteiger partial charge in [0.15, 0.2) is 0 Å². The van der Waals surface area contributed by atoms with Crippen LogP contribution in [0.3, 0.4) is 0 Å². The first-order chi connectivity index (χ1) is 22.0. The van der Waals surface area contributed by atoms with Gasteiger partial charge >= 0.3 is 0 Å². The quantitative estimate of drug-likeness (QED) is 0.120. The molecule has 0 aliphatic carbocycles. The summed E-state index contributed by atoms with van der Waals surface area (Å²) >= 11 is 0. The van der Waals surface area contributed by atoms with Gasteiger partial charge in [0.2, 0.25) is 17.6 Å². The Bertz CT molecular complexity index is 1420. The Morgan fingerprint density at radius 3 is 1.29 bits per heavy atom. The zero-order chi connectivity index (χ0) is 31.5. The van der Waals surface area contributed by atoms with Crippen LogP contribution in [0.15, 0.2) is 128 Å². The van der Waals surface area contributed by atoms with Crippen LogP contribution in [0.5, 0.6) is 34.9 Å². The lowest BCUT2D eigenvalue weighted by Gasteiger charge is -2.17. The second kappa shape index (κ2) is 18.5. The van der Waals surface area contributed by atoms with Gasteiger partial charge in [-0.3, -0.25) is 0 Å². The largest absolute Gasteiger partial charge is 0.490 e. The molecule has 5 rings (SSSR count). The van der Waals surface area contributed by atoms with E-state index in [-0.39, 0.29) is 18.3 Å².